The van der Waals surface area contributed by atoms with Crippen LogP contribution in [0.5, 0.6) is 5.75 Å². The number of benzene rings is 2. The molecule has 0 amide bonds. The molecule has 3 nitrogen and oxygen atoms in total. The Bertz CT molecular complexity index is 771. The van der Waals surface area contributed by atoms with E-state index in [2.05, 4.69) is 11.1 Å². The molecule has 0 radical (unpaired) electrons. The smallest absolute Gasteiger partial charge is 0.128 e. The molecule has 0 atom stereocenters. The van der Waals surface area contributed by atoms with Crippen molar-refractivity contribution in [3.63, 3.8) is 0 Å². The highest BCUT2D eigenvalue weighted by Gasteiger charge is 2.09. The molecular weight excluding hydrogens is 244 g/mol. The molecular formula is C14H8N2OS. The van der Waals surface area contributed by atoms with Gasteiger partial charge in [0.1, 0.15) is 10.8 Å². The number of hydrogen-bond acceptors (Lipinski definition) is 4. The number of aromatic hydroxyl groups is 1. The zero-order chi connectivity index (χ0) is 12.5. The number of aromatic nitrogens is 1. The first-order valence-corrected chi connectivity index (χ1v) is 6.18. The number of para-hydroxylation sites is 1. The SMILES string of the molecule is N#Cc1ccc2nc(-c3ccccc3O)sc2c1. The third-order valence-electron chi connectivity index (χ3n) is 2.65. The van der Waals surface area contributed by atoms with Crippen molar-refractivity contribution in [2.45, 2.75) is 0 Å². The van der Waals surface area contributed by atoms with E-state index in [0.29, 0.717) is 5.56 Å². The van der Waals surface area contributed by atoms with Crippen molar-refractivity contribution in [2.75, 3.05) is 0 Å². The van der Waals surface area contributed by atoms with Gasteiger partial charge >= 0.3 is 0 Å². The minimum atomic E-state index is 0.220. The van der Waals surface area contributed by atoms with Gasteiger partial charge in [0.2, 0.25) is 0 Å². The molecule has 1 heterocycles. The van der Waals surface area contributed by atoms with Crippen LogP contribution in [0.15, 0.2) is 42.5 Å². The summed E-state index contributed by atoms with van der Waals surface area (Å²) in [4.78, 5) is 4.47. The van der Waals surface area contributed by atoms with Gasteiger partial charge in [-0.05, 0) is 30.3 Å². The van der Waals surface area contributed by atoms with E-state index < -0.39 is 0 Å². The van der Waals surface area contributed by atoms with E-state index in [4.69, 9.17) is 5.26 Å². The summed E-state index contributed by atoms with van der Waals surface area (Å²) in [5.74, 6) is 0.220. The molecule has 3 aromatic rings. The van der Waals surface area contributed by atoms with Crippen molar-refractivity contribution in [3.05, 3.63) is 48.0 Å². The van der Waals surface area contributed by atoms with Crippen LogP contribution >= 0.6 is 11.3 Å². The van der Waals surface area contributed by atoms with Gasteiger partial charge in [-0.25, -0.2) is 4.98 Å². The van der Waals surface area contributed by atoms with Crippen LogP contribution in [0.3, 0.4) is 0 Å². The molecule has 0 spiro atoms. The van der Waals surface area contributed by atoms with Crippen LogP contribution in [0.25, 0.3) is 20.8 Å². The molecule has 18 heavy (non-hydrogen) atoms. The number of thiazole rings is 1. The minimum Gasteiger partial charge on any atom is -0.507 e. The summed E-state index contributed by atoms with van der Waals surface area (Å²) >= 11 is 1.47. The number of nitrogens with zero attached hydrogens (tertiary/aromatic N) is 2. The molecule has 0 aliphatic heterocycles. The van der Waals surface area contributed by atoms with Crippen LogP contribution in [0, 0.1) is 11.3 Å². The van der Waals surface area contributed by atoms with Crippen molar-refractivity contribution in [1.82, 2.24) is 4.98 Å². The lowest BCUT2D eigenvalue weighted by Crippen LogP contribution is -1.76. The van der Waals surface area contributed by atoms with Crippen LogP contribution in [0.4, 0.5) is 0 Å². The Labute approximate surface area is 108 Å². The molecule has 0 aliphatic carbocycles. The maximum Gasteiger partial charge on any atom is 0.128 e. The van der Waals surface area contributed by atoms with Crippen molar-refractivity contribution in [3.8, 4) is 22.4 Å². The second-order valence-corrected chi connectivity index (χ2v) is 4.86. The summed E-state index contributed by atoms with van der Waals surface area (Å²) in [7, 11) is 0. The number of rotatable bonds is 1. The van der Waals surface area contributed by atoms with Crippen LogP contribution in [-0.4, -0.2) is 10.1 Å². The van der Waals surface area contributed by atoms with Gasteiger partial charge in [0.25, 0.3) is 0 Å². The van der Waals surface area contributed by atoms with Gasteiger partial charge in [0.05, 0.1) is 27.4 Å². The molecule has 0 unspecified atom stereocenters. The second kappa shape index (κ2) is 4.13. The molecule has 1 N–H and O–H groups in total. The van der Waals surface area contributed by atoms with Crippen molar-refractivity contribution >= 4 is 21.6 Å². The van der Waals surface area contributed by atoms with Gasteiger partial charge < -0.3 is 5.11 Å². The quantitative estimate of drug-likeness (QED) is 0.720. The third kappa shape index (κ3) is 1.71. The number of hydrogen-bond donors (Lipinski definition) is 1. The third-order valence-corrected chi connectivity index (χ3v) is 3.70. The van der Waals surface area contributed by atoms with Crippen LogP contribution < -0.4 is 0 Å². The summed E-state index contributed by atoms with van der Waals surface area (Å²) in [6.45, 7) is 0. The van der Waals surface area contributed by atoms with Gasteiger partial charge in [0.15, 0.2) is 0 Å². The molecule has 4 heteroatoms. The molecule has 0 saturated carbocycles. The number of phenolic OH excluding ortho intramolecular Hbond substituents is 1. The van der Waals surface area contributed by atoms with E-state index >= 15 is 0 Å². The number of phenols is 1. The fourth-order valence-corrected chi connectivity index (χ4v) is 2.80. The highest BCUT2D eigenvalue weighted by atomic mass is 32.1. The first kappa shape index (κ1) is 10.8. The lowest BCUT2D eigenvalue weighted by Gasteiger charge is -1.98. The molecule has 0 aliphatic rings. The minimum absolute atomic E-state index is 0.220. The summed E-state index contributed by atoms with van der Waals surface area (Å²) < 4.78 is 0.951. The van der Waals surface area contributed by atoms with Gasteiger partial charge in [-0.15, -0.1) is 11.3 Å². The highest BCUT2D eigenvalue weighted by molar-refractivity contribution is 7.21. The Morgan fingerprint density at radius 2 is 2.00 bits per heavy atom. The van der Waals surface area contributed by atoms with Gasteiger partial charge in [0, 0.05) is 0 Å². The predicted octanol–water partition coefficient (Wildman–Crippen LogP) is 3.54. The maximum absolute atomic E-state index is 9.80. The normalized spacial score (nSPS) is 10.4. The Hall–Kier alpha value is -2.38. The van der Waals surface area contributed by atoms with Gasteiger partial charge in [-0.3, -0.25) is 0 Å². The number of nitriles is 1. The van der Waals surface area contributed by atoms with E-state index in [1.165, 1.54) is 11.3 Å². The fraction of sp³-hybridized carbons (Fsp3) is 0. The molecule has 0 fully saturated rings. The molecule has 1 aromatic heterocycles. The van der Waals surface area contributed by atoms with E-state index in [1.807, 2.05) is 24.3 Å². The summed E-state index contributed by atoms with van der Waals surface area (Å²) in [5.41, 5.74) is 2.18. The second-order valence-electron chi connectivity index (χ2n) is 3.83. The van der Waals surface area contributed by atoms with Crippen molar-refractivity contribution in [2.24, 2.45) is 0 Å². The molecule has 86 valence electrons. The largest absolute Gasteiger partial charge is 0.507 e. The lowest BCUT2D eigenvalue weighted by atomic mass is 10.2. The first-order chi connectivity index (χ1) is 8.78. The summed E-state index contributed by atoms with van der Waals surface area (Å²) in [6.07, 6.45) is 0. The molecule has 0 saturated heterocycles. The van der Waals surface area contributed by atoms with Gasteiger partial charge in [-0.1, -0.05) is 12.1 Å². The van der Waals surface area contributed by atoms with Crippen molar-refractivity contribution < 1.29 is 5.11 Å². The van der Waals surface area contributed by atoms with Crippen LogP contribution in [0.2, 0.25) is 0 Å². The maximum atomic E-state index is 9.80. The van der Waals surface area contributed by atoms with E-state index in [9.17, 15) is 5.11 Å². The standard InChI is InChI=1S/C14H8N2OS/c15-8-9-5-6-11-13(7-9)18-14(16-11)10-3-1-2-4-12(10)17/h1-7,17H. The summed E-state index contributed by atoms with van der Waals surface area (Å²) in [5, 5.41) is 19.4. The monoisotopic (exact) mass is 252 g/mol. The Morgan fingerprint density at radius 1 is 1.17 bits per heavy atom. The Kier molecular flexibility index (Phi) is 2.47. The number of fused-ring (bicyclic) bond motifs is 1. The Balaban J connectivity index is 2.20. The van der Waals surface area contributed by atoms with E-state index in [1.54, 1.807) is 18.2 Å². The highest BCUT2D eigenvalue weighted by Crippen LogP contribution is 2.35. The predicted molar refractivity (Wildman–Crippen MR) is 71.4 cm³/mol. The van der Waals surface area contributed by atoms with E-state index in [0.717, 1.165) is 20.8 Å². The van der Waals surface area contributed by atoms with E-state index in [-0.39, 0.29) is 5.75 Å². The Morgan fingerprint density at radius 3 is 2.78 bits per heavy atom. The van der Waals surface area contributed by atoms with Crippen molar-refractivity contribution in [1.29, 1.82) is 5.26 Å². The van der Waals surface area contributed by atoms with Crippen LogP contribution in [-0.2, 0) is 0 Å². The van der Waals surface area contributed by atoms with Crippen LogP contribution in [0.1, 0.15) is 5.56 Å². The fourth-order valence-electron chi connectivity index (χ4n) is 1.76. The average Bonchev–Trinajstić information content (AvgIpc) is 2.81. The summed E-state index contributed by atoms with van der Waals surface area (Å²) in [6, 6.07) is 14.6. The lowest BCUT2D eigenvalue weighted by molar-refractivity contribution is 0.477. The first-order valence-electron chi connectivity index (χ1n) is 5.37. The molecule has 0 bridgehead atoms. The zero-order valence-electron chi connectivity index (χ0n) is 9.29. The zero-order valence-corrected chi connectivity index (χ0v) is 10.1. The average molecular weight is 252 g/mol. The topological polar surface area (TPSA) is 56.9 Å². The molecule has 3 rings (SSSR count). The molecule has 2 aromatic carbocycles. The van der Waals surface area contributed by atoms with Gasteiger partial charge in [-0.2, -0.15) is 5.26 Å².